The van der Waals surface area contributed by atoms with Crippen molar-refractivity contribution in [3.05, 3.63) is 71.8 Å². The van der Waals surface area contributed by atoms with Crippen LogP contribution in [-0.4, -0.2) is 52.5 Å². The van der Waals surface area contributed by atoms with Crippen molar-refractivity contribution in [2.45, 2.75) is 6.18 Å². The summed E-state index contributed by atoms with van der Waals surface area (Å²) < 4.78 is 80.3. The van der Waals surface area contributed by atoms with Gasteiger partial charge < -0.3 is 4.98 Å². The number of hydrogen-bond acceptors (Lipinski definition) is 6. The van der Waals surface area contributed by atoms with E-state index in [1.807, 2.05) is 0 Å². The molecule has 35 heavy (non-hydrogen) atoms. The number of anilines is 1. The molecule has 3 heterocycles. The average Bonchev–Trinajstić information content (AvgIpc) is 3.22. The number of aromatic nitrogens is 4. The summed E-state index contributed by atoms with van der Waals surface area (Å²) in [5.74, 6) is -3.13. The third-order valence-electron chi connectivity index (χ3n) is 4.98. The molecule has 0 radical (unpaired) electrons. The molecule has 14 heteroatoms. The Balaban J connectivity index is 1.72. The highest BCUT2D eigenvalue weighted by atomic mass is 32.2. The number of aromatic amines is 1. The highest BCUT2D eigenvalue weighted by Crippen LogP contribution is 2.30. The summed E-state index contributed by atoms with van der Waals surface area (Å²) in [4.78, 5) is 26.7. The van der Waals surface area contributed by atoms with Crippen LogP contribution in [-0.2, 0) is 16.4 Å². The average molecular weight is 508 g/mol. The van der Waals surface area contributed by atoms with Gasteiger partial charge in [-0.05, 0) is 18.2 Å². The summed E-state index contributed by atoms with van der Waals surface area (Å²) in [6, 6.07) is 5.17. The second-order valence-electron chi connectivity index (χ2n) is 7.50. The van der Waals surface area contributed by atoms with Crippen molar-refractivity contribution in [2.75, 3.05) is 18.8 Å². The second-order valence-corrected chi connectivity index (χ2v) is 9.39. The molecule has 1 aromatic carbocycles. The molecule has 0 bridgehead atoms. The third kappa shape index (κ3) is 4.70. The SMILES string of the molecule is CN(C)S(=O)(=O)Nc1cccc(C(=O)c2c[nH]c3ncc(-c4cnc(C(F)(F)F)nc4)cc23)c1F. The predicted octanol–water partition coefficient (Wildman–Crippen LogP) is 3.63. The minimum Gasteiger partial charge on any atom is -0.345 e. The molecule has 0 saturated carbocycles. The van der Waals surface area contributed by atoms with Crippen LogP contribution in [0.25, 0.3) is 22.2 Å². The monoisotopic (exact) mass is 508 g/mol. The number of H-pyrrole nitrogens is 1. The number of carbonyl (C=O) groups is 1. The van der Waals surface area contributed by atoms with E-state index in [2.05, 4.69) is 24.7 Å². The zero-order valence-corrected chi connectivity index (χ0v) is 18.9. The van der Waals surface area contributed by atoms with Crippen LogP contribution < -0.4 is 4.72 Å². The van der Waals surface area contributed by atoms with E-state index in [0.29, 0.717) is 5.56 Å². The van der Waals surface area contributed by atoms with Crippen molar-refractivity contribution in [2.24, 2.45) is 0 Å². The summed E-state index contributed by atoms with van der Waals surface area (Å²) >= 11 is 0. The predicted molar refractivity (Wildman–Crippen MR) is 118 cm³/mol. The molecule has 0 fully saturated rings. The zero-order chi connectivity index (χ0) is 25.5. The van der Waals surface area contributed by atoms with Gasteiger partial charge in [-0.2, -0.15) is 25.9 Å². The Hall–Kier alpha value is -3.91. The molecule has 4 aromatic rings. The van der Waals surface area contributed by atoms with E-state index in [1.165, 1.54) is 50.8 Å². The maximum absolute atomic E-state index is 15.1. The number of pyridine rings is 1. The maximum Gasteiger partial charge on any atom is 0.451 e. The molecular formula is C21H16F4N6O3S. The number of hydrogen-bond donors (Lipinski definition) is 2. The minimum atomic E-state index is -4.69. The molecule has 0 saturated heterocycles. The van der Waals surface area contributed by atoms with E-state index in [-0.39, 0.29) is 22.2 Å². The lowest BCUT2D eigenvalue weighted by Gasteiger charge is -2.14. The van der Waals surface area contributed by atoms with Crippen molar-refractivity contribution in [3.63, 3.8) is 0 Å². The van der Waals surface area contributed by atoms with Crippen LogP contribution in [0.2, 0.25) is 0 Å². The number of halogens is 4. The van der Waals surface area contributed by atoms with E-state index in [0.717, 1.165) is 16.7 Å². The molecule has 0 unspecified atom stereocenters. The van der Waals surface area contributed by atoms with Crippen LogP contribution in [0.3, 0.4) is 0 Å². The Kier molecular flexibility index (Phi) is 6.02. The van der Waals surface area contributed by atoms with Crippen molar-refractivity contribution < 1.29 is 30.8 Å². The van der Waals surface area contributed by atoms with Gasteiger partial charge in [-0.3, -0.25) is 9.52 Å². The Morgan fingerprint density at radius 3 is 2.31 bits per heavy atom. The normalized spacial score (nSPS) is 12.3. The lowest BCUT2D eigenvalue weighted by atomic mass is 10.0. The molecule has 2 N–H and O–H groups in total. The fourth-order valence-electron chi connectivity index (χ4n) is 3.13. The summed E-state index contributed by atoms with van der Waals surface area (Å²) in [5, 5.41) is 0.270. The summed E-state index contributed by atoms with van der Waals surface area (Å²) in [5.41, 5.74) is 0.0350. The van der Waals surface area contributed by atoms with Gasteiger partial charge in [0.1, 0.15) is 5.65 Å². The van der Waals surface area contributed by atoms with Crippen molar-refractivity contribution in [3.8, 4) is 11.1 Å². The van der Waals surface area contributed by atoms with Gasteiger partial charge in [0, 0.05) is 61.0 Å². The highest BCUT2D eigenvalue weighted by Gasteiger charge is 2.34. The van der Waals surface area contributed by atoms with Gasteiger partial charge in [-0.15, -0.1) is 0 Å². The molecule has 0 aliphatic rings. The lowest BCUT2D eigenvalue weighted by molar-refractivity contribution is -0.144. The number of rotatable bonds is 6. The van der Waals surface area contributed by atoms with Crippen molar-refractivity contribution in [1.82, 2.24) is 24.2 Å². The number of nitrogens with zero attached hydrogens (tertiary/aromatic N) is 4. The first kappa shape index (κ1) is 24.2. The zero-order valence-electron chi connectivity index (χ0n) is 18.1. The Labute approximate surface area is 196 Å². The number of fused-ring (bicyclic) bond motifs is 1. The third-order valence-corrected chi connectivity index (χ3v) is 6.42. The summed E-state index contributed by atoms with van der Waals surface area (Å²) in [7, 11) is -1.50. The Morgan fingerprint density at radius 1 is 1.03 bits per heavy atom. The second kappa shape index (κ2) is 8.70. The molecule has 9 nitrogen and oxygen atoms in total. The number of alkyl halides is 3. The number of carbonyl (C=O) groups excluding carboxylic acids is 1. The van der Waals surface area contributed by atoms with E-state index in [9.17, 15) is 26.4 Å². The van der Waals surface area contributed by atoms with Crippen LogP contribution in [0, 0.1) is 5.82 Å². The molecule has 0 spiro atoms. The van der Waals surface area contributed by atoms with Gasteiger partial charge in [0.05, 0.1) is 11.3 Å². The molecular weight excluding hydrogens is 492 g/mol. The summed E-state index contributed by atoms with van der Waals surface area (Å²) in [6.45, 7) is 0. The van der Waals surface area contributed by atoms with Crippen molar-refractivity contribution >= 4 is 32.7 Å². The van der Waals surface area contributed by atoms with E-state index >= 15 is 4.39 Å². The van der Waals surface area contributed by atoms with Gasteiger partial charge >= 0.3 is 16.4 Å². The Morgan fingerprint density at radius 2 is 1.69 bits per heavy atom. The number of nitrogens with one attached hydrogen (secondary N) is 2. The fraction of sp³-hybridized carbons (Fsp3) is 0.143. The molecule has 0 aliphatic carbocycles. The first-order valence-electron chi connectivity index (χ1n) is 9.78. The first-order chi connectivity index (χ1) is 16.4. The maximum atomic E-state index is 15.1. The van der Waals surface area contributed by atoms with Gasteiger partial charge in [0.2, 0.25) is 5.82 Å². The van der Waals surface area contributed by atoms with Gasteiger partial charge in [-0.25, -0.2) is 19.3 Å². The van der Waals surface area contributed by atoms with Gasteiger partial charge in [0.15, 0.2) is 11.6 Å². The molecule has 0 aliphatic heterocycles. The molecule has 0 amide bonds. The van der Waals surface area contributed by atoms with Crippen molar-refractivity contribution in [1.29, 1.82) is 0 Å². The van der Waals surface area contributed by atoms with Gasteiger partial charge in [-0.1, -0.05) is 6.07 Å². The van der Waals surface area contributed by atoms with Crippen LogP contribution in [0.4, 0.5) is 23.2 Å². The van der Waals surface area contributed by atoms with E-state index in [4.69, 9.17) is 0 Å². The van der Waals surface area contributed by atoms with Crippen LogP contribution >= 0.6 is 0 Å². The standard InChI is InChI=1S/C21H16F4N6O3S/c1-31(2)35(33,34)30-16-5-3-4-13(17(16)22)18(32)15-10-27-19-14(15)6-11(7-26-19)12-8-28-20(29-9-12)21(23,24)25/h3-10,30H,1-2H3,(H,26,27). The molecule has 0 atom stereocenters. The lowest BCUT2D eigenvalue weighted by Crippen LogP contribution is -2.29. The summed E-state index contributed by atoms with van der Waals surface area (Å²) in [6.07, 6.45) is -0.0701. The number of ketones is 1. The van der Waals surface area contributed by atoms with Gasteiger partial charge in [0.25, 0.3) is 0 Å². The van der Waals surface area contributed by atoms with E-state index in [1.54, 1.807) is 0 Å². The minimum absolute atomic E-state index is 0.0219. The largest absolute Gasteiger partial charge is 0.451 e. The highest BCUT2D eigenvalue weighted by molar-refractivity contribution is 7.90. The quantitative estimate of drug-likeness (QED) is 0.303. The van der Waals surface area contributed by atoms with Crippen LogP contribution in [0.5, 0.6) is 0 Å². The Bertz CT molecular complexity index is 1530. The number of benzene rings is 1. The fourth-order valence-corrected chi connectivity index (χ4v) is 3.75. The topological polar surface area (TPSA) is 121 Å². The van der Waals surface area contributed by atoms with E-state index < -0.39 is 45.1 Å². The van der Waals surface area contributed by atoms with Crippen LogP contribution in [0.1, 0.15) is 21.7 Å². The molecule has 182 valence electrons. The van der Waals surface area contributed by atoms with Crippen LogP contribution in [0.15, 0.2) is 49.1 Å². The molecule has 3 aromatic heterocycles. The molecule has 4 rings (SSSR count). The smallest absolute Gasteiger partial charge is 0.345 e. The first-order valence-corrected chi connectivity index (χ1v) is 11.2.